The maximum atomic E-state index is 12.8. The molecule has 4 aromatic rings. The molecule has 0 spiro atoms. The van der Waals surface area contributed by atoms with Gasteiger partial charge in [-0.15, -0.1) is 0 Å². The summed E-state index contributed by atoms with van der Waals surface area (Å²) in [6.45, 7) is 5.29. The van der Waals surface area contributed by atoms with Crippen LogP contribution in [0.1, 0.15) is 18.1 Å². The topological polar surface area (TPSA) is 55.3 Å². The molecule has 30 heavy (non-hydrogen) atoms. The zero-order chi connectivity index (χ0) is 20.9. The van der Waals surface area contributed by atoms with Gasteiger partial charge in [0.05, 0.1) is 5.56 Å². The second kappa shape index (κ2) is 6.98. The van der Waals surface area contributed by atoms with Crippen molar-refractivity contribution in [2.24, 2.45) is 5.92 Å². The van der Waals surface area contributed by atoms with Crippen LogP contribution in [0.4, 0.5) is 13.2 Å². The first-order chi connectivity index (χ1) is 14.4. The van der Waals surface area contributed by atoms with Crippen molar-refractivity contribution < 1.29 is 22.1 Å². The van der Waals surface area contributed by atoms with E-state index in [0.29, 0.717) is 12.1 Å². The van der Waals surface area contributed by atoms with Crippen LogP contribution < -0.4 is 0 Å². The molecule has 1 aliphatic heterocycles. The number of fused-ring (bicyclic) bond motifs is 1. The number of benzene rings is 2. The summed E-state index contributed by atoms with van der Waals surface area (Å²) in [7, 11) is 0. The van der Waals surface area contributed by atoms with Gasteiger partial charge in [-0.05, 0) is 22.3 Å². The second-order valence-corrected chi connectivity index (χ2v) is 7.74. The highest BCUT2D eigenvalue weighted by Crippen LogP contribution is 2.35. The predicted molar refractivity (Wildman–Crippen MR) is 104 cm³/mol. The molecule has 1 fully saturated rings. The molecule has 0 aliphatic carbocycles. The zero-order valence-corrected chi connectivity index (χ0v) is 16.1. The summed E-state index contributed by atoms with van der Waals surface area (Å²) < 4.78 is 48.6. The maximum Gasteiger partial charge on any atom is 0.419 e. The number of hydrogen-bond donors (Lipinski definition) is 0. The Bertz CT molecular complexity index is 1210. The van der Waals surface area contributed by atoms with Crippen LogP contribution in [0.15, 0.2) is 57.7 Å². The van der Waals surface area contributed by atoms with Crippen molar-refractivity contribution >= 4 is 10.8 Å². The van der Waals surface area contributed by atoms with Gasteiger partial charge in [-0.25, -0.2) is 0 Å². The van der Waals surface area contributed by atoms with Crippen LogP contribution in [-0.2, 0) is 12.7 Å². The summed E-state index contributed by atoms with van der Waals surface area (Å²) in [5.74, 6) is 0.820. The molecule has 0 unspecified atom stereocenters. The van der Waals surface area contributed by atoms with Gasteiger partial charge in [-0.3, -0.25) is 4.90 Å². The zero-order valence-electron chi connectivity index (χ0n) is 16.1. The normalized spacial score (nSPS) is 15.6. The Morgan fingerprint density at radius 3 is 2.57 bits per heavy atom. The summed E-state index contributed by atoms with van der Waals surface area (Å²) in [4.78, 5) is 6.67. The standard InChI is InChI=1S/C22H18F3N3O2/c1-13-9-28(10-13)11-14-6-7-18(17-5-3-2-4-16(14)17)20-26-21(30-27-20)19-8-15(12-29-19)22(23,24)25/h2-8,12-13H,9-11H2,1H3. The Morgan fingerprint density at radius 1 is 1.10 bits per heavy atom. The second-order valence-electron chi connectivity index (χ2n) is 7.74. The van der Waals surface area contributed by atoms with Gasteiger partial charge >= 0.3 is 6.18 Å². The fourth-order valence-corrected chi connectivity index (χ4v) is 3.92. The number of nitrogens with zero attached hydrogens (tertiary/aromatic N) is 3. The maximum absolute atomic E-state index is 12.8. The number of furan rings is 1. The molecule has 154 valence electrons. The molecule has 0 radical (unpaired) electrons. The van der Waals surface area contributed by atoms with Crippen LogP contribution >= 0.6 is 0 Å². The van der Waals surface area contributed by atoms with Gasteiger partial charge in [-0.1, -0.05) is 48.5 Å². The monoisotopic (exact) mass is 413 g/mol. The fourth-order valence-electron chi connectivity index (χ4n) is 3.92. The van der Waals surface area contributed by atoms with E-state index in [-0.39, 0.29) is 11.7 Å². The lowest BCUT2D eigenvalue weighted by atomic mass is 9.96. The average Bonchev–Trinajstić information content (AvgIpc) is 3.36. The van der Waals surface area contributed by atoms with Crippen molar-refractivity contribution in [1.82, 2.24) is 15.0 Å². The summed E-state index contributed by atoms with van der Waals surface area (Å²) in [5.41, 5.74) is 1.07. The molecule has 5 rings (SSSR count). The number of alkyl halides is 3. The van der Waals surface area contributed by atoms with Crippen molar-refractivity contribution in [3.8, 4) is 23.0 Å². The molecule has 0 atom stereocenters. The molecule has 1 saturated heterocycles. The van der Waals surface area contributed by atoms with Crippen molar-refractivity contribution in [2.75, 3.05) is 13.1 Å². The van der Waals surface area contributed by atoms with E-state index < -0.39 is 11.7 Å². The molecule has 0 amide bonds. The van der Waals surface area contributed by atoms with Gasteiger partial charge in [0.25, 0.3) is 5.89 Å². The molecular formula is C22H18F3N3O2. The minimum atomic E-state index is -4.50. The van der Waals surface area contributed by atoms with Gasteiger partial charge in [-0.2, -0.15) is 18.2 Å². The molecule has 8 heteroatoms. The quantitative estimate of drug-likeness (QED) is 0.435. The van der Waals surface area contributed by atoms with Crippen molar-refractivity contribution in [3.05, 3.63) is 59.9 Å². The average molecular weight is 413 g/mol. The molecule has 3 heterocycles. The number of halogens is 3. The first-order valence-electron chi connectivity index (χ1n) is 9.61. The molecule has 2 aromatic carbocycles. The van der Waals surface area contributed by atoms with E-state index in [1.807, 2.05) is 30.3 Å². The largest absolute Gasteiger partial charge is 0.459 e. The lowest BCUT2D eigenvalue weighted by Crippen LogP contribution is -2.44. The van der Waals surface area contributed by atoms with E-state index >= 15 is 0 Å². The Kier molecular flexibility index (Phi) is 4.39. The summed E-state index contributed by atoms with van der Waals surface area (Å²) in [6.07, 6.45) is -3.86. The third kappa shape index (κ3) is 3.37. The predicted octanol–water partition coefficient (Wildman–Crippen LogP) is 5.62. The Balaban J connectivity index is 1.49. The van der Waals surface area contributed by atoms with Gasteiger partial charge < -0.3 is 8.94 Å². The van der Waals surface area contributed by atoms with Crippen LogP contribution in [0.5, 0.6) is 0 Å². The Hall–Kier alpha value is -3.13. The molecule has 1 aliphatic rings. The molecular weight excluding hydrogens is 395 g/mol. The highest BCUT2D eigenvalue weighted by atomic mass is 19.4. The lowest BCUT2D eigenvalue weighted by molar-refractivity contribution is -0.137. The number of likely N-dealkylation sites (tertiary alicyclic amines) is 1. The smallest absolute Gasteiger partial charge is 0.419 e. The molecule has 2 aromatic heterocycles. The van der Waals surface area contributed by atoms with Gasteiger partial charge in [0.2, 0.25) is 5.82 Å². The van der Waals surface area contributed by atoms with Gasteiger partial charge in [0, 0.05) is 31.3 Å². The first kappa shape index (κ1) is 18.9. The van der Waals surface area contributed by atoms with Crippen LogP contribution in [0.2, 0.25) is 0 Å². The molecule has 0 saturated carbocycles. The summed E-state index contributed by atoms with van der Waals surface area (Å²) in [5, 5.41) is 6.03. The van der Waals surface area contributed by atoms with E-state index in [1.54, 1.807) is 0 Å². The highest BCUT2D eigenvalue weighted by Gasteiger charge is 2.33. The number of aromatic nitrogens is 2. The minimum Gasteiger partial charge on any atom is -0.459 e. The van der Waals surface area contributed by atoms with Crippen LogP contribution in [0.25, 0.3) is 33.8 Å². The van der Waals surface area contributed by atoms with Gasteiger partial charge in [0.15, 0.2) is 5.76 Å². The SMILES string of the molecule is CC1CN(Cc2ccc(-c3noc(-c4cc(C(F)(F)F)co4)n3)c3ccccc23)C1. The van der Waals surface area contributed by atoms with Crippen LogP contribution in [-0.4, -0.2) is 28.1 Å². The van der Waals surface area contributed by atoms with Crippen molar-refractivity contribution in [2.45, 2.75) is 19.6 Å². The van der Waals surface area contributed by atoms with Crippen LogP contribution in [0.3, 0.4) is 0 Å². The summed E-state index contributed by atoms with van der Waals surface area (Å²) >= 11 is 0. The summed E-state index contributed by atoms with van der Waals surface area (Å²) in [6, 6.07) is 12.8. The van der Waals surface area contributed by atoms with E-state index in [0.717, 1.165) is 48.0 Å². The van der Waals surface area contributed by atoms with Gasteiger partial charge in [0.1, 0.15) is 6.26 Å². The van der Waals surface area contributed by atoms with E-state index in [2.05, 4.69) is 28.0 Å². The lowest BCUT2D eigenvalue weighted by Gasteiger charge is -2.37. The van der Waals surface area contributed by atoms with E-state index in [9.17, 15) is 13.2 Å². The fraction of sp³-hybridized carbons (Fsp3) is 0.273. The minimum absolute atomic E-state index is 0.0942. The Labute approximate surface area is 170 Å². The van der Waals surface area contributed by atoms with E-state index in [4.69, 9.17) is 8.94 Å². The van der Waals surface area contributed by atoms with Crippen molar-refractivity contribution in [1.29, 1.82) is 0 Å². The third-order valence-electron chi connectivity index (χ3n) is 5.35. The molecule has 0 N–H and O–H groups in total. The molecule has 0 bridgehead atoms. The number of rotatable bonds is 4. The van der Waals surface area contributed by atoms with Crippen molar-refractivity contribution in [3.63, 3.8) is 0 Å². The number of hydrogen-bond acceptors (Lipinski definition) is 5. The first-order valence-corrected chi connectivity index (χ1v) is 9.61. The molecule has 5 nitrogen and oxygen atoms in total. The Morgan fingerprint density at radius 2 is 1.87 bits per heavy atom. The highest BCUT2D eigenvalue weighted by molar-refractivity contribution is 5.97. The third-order valence-corrected chi connectivity index (χ3v) is 5.35. The van der Waals surface area contributed by atoms with Crippen LogP contribution in [0, 0.1) is 5.92 Å². The van der Waals surface area contributed by atoms with E-state index in [1.165, 1.54) is 5.56 Å².